The fourth-order valence-electron chi connectivity index (χ4n) is 4.44. The molecule has 1 heterocycles. The molecule has 4 rings (SSSR count). The molecule has 1 aliphatic carbocycles. The van der Waals surface area contributed by atoms with Crippen molar-refractivity contribution in [2.45, 2.75) is 38.1 Å². The van der Waals surface area contributed by atoms with Crippen molar-refractivity contribution in [1.82, 2.24) is 10.2 Å². The lowest BCUT2D eigenvalue weighted by atomic mass is 9.85. The average Bonchev–Trinajstić information content (AvgIpc) is 2.81. The molecule has 2 aromatic carbocycles. The van der Waals surface area contributed by atoms with Crippen molar-refractivity contribution in [2.24, 2.45) is 5.92 Å². The molecule has 0 unspecified atom stereocenters. The number of nitrogens with zero attached hydrogens (tertiary/aromatic N) is 1. The quantitative estimate of drug-likeness (QED) is 0.828. The minimum absolute atomic E-state index is 0.0606. The van der Waals surface area contributed by atoms with Gasteiger partial charge in [0.05, 0.1) is 19.6 Å². The Labute approximate surface area is 178 Å². The van der Waals surface area contributed by atoms with Crippen LogP contribution in [0.4, 0.5) is 0 Å². The van der Waals surface area contributed by atoms with Crippen LogP contribution >= 0.6 is 0 Å². The standard InChI is InChI=1S/C25H30N2O3/c28-24(18-19-6-8-21(9-7-19)20-4-2-1-3-5-20)26-23-12-10-22(11-13-23)25(29)27-14-16-30-17-15-27/h1-9,22-23H,10-18H2,(H,26,28). The SMILES string of the molecule is O=C(Cc1ccc(-c2ccccc2)cc1)NC1CCC(C(=O)N2CCOCC2)CC1. The Bertz CT molecular complexity index is 836. The first-order valence-corrected chi connectivity index (χ1v) is 11.0. The molecule has 1 saturated heterocycles. The number of rotatable bonds is 5. The van der Waals surface area contributed by atoms with E-state index in [-0.39, 0.29) is 23.8 Å². The molecule has 2 amide bonds. The van der Waals surface area contributed by atoms with Gasteiger partial charge < -0.3 is 15.0 Å². The van der Waals surface area contributed by atoms with E-state index in [1.165, 1.54) is 5.56 Å². The predicted molar refractivity (Wildman–Crippen MR) is 117 cm³/mol. The number of amides is 2. The number of benzene rings is 2. The summed E-state index contributed by atoms with van der Waals surface area (Å²) in [4.78, 5) is 27.1. The third kappa shape index (κ3) is 5.28. The molecule has 2 aromatic rings. The highest BCUT2D eigenvalue weighted by molar-refractivity contribution is 5.80. The highest BCUT2D eigenvalue weighted by Gasteiger charge is 2.30. The molecule has 0 spiro atoms. The lowest BCUT2D eigenvalue weighted by Crippen LogP contribution is -2.46. The lowest BCUT2D eigenvalue weighted by Gasteiger charge is -2.34. The van der Waals surface area contributed by atoms with E-state index in [0.717, 1.165) is 36.8 Å². The fourth-order valence-corrected chi connectivity index (χ4v) is 4.44. The first kappa shape index (κ1) is 20.6. The maximum Gasteiger partial charge on any atom is 0.225 e. The average molecular weight is 407 g/mol. The second kappa shape index (κ2) is 9.90. The predicted octanol–water partition coefficient (Wildman–Crippen LogP) is 3.43. The zero-order valence-corrected chi connectivity index (χ0v) is 17.4. The normalized spacial score (nSPS) is 21.8. The van der Waals surface area contributed by atoms with Crippen LogP contribution in [0.25, 0.3) is 11.1 Å². The van der Waals surface area contributed by atoms with Crippen molar-refractivity contribution >= 4 is 11.8 Å². The number of hydrogen-bond acceptors (Lipinski definition) is 3. The molecule has 158 valence electrons. The summed E-state index contributed by atoms with van der Waals surface area (Å²) in [5.41, 5.74) is 3.35. The van der Waals surface area contributed by atoms with Crippen LogP contribution in [0.5, 0.6) is 0 Å². The first-order chi connectivity index (χ1) is 14.7. The monoisotopic (exact) mass is 406 g/mol. The molecule has 5 nitrogen and oxygen atoms in total. The Hall–Kier alpha value is -2.66. The molecule has 1 aliphatic heterocycles. The molecule has 0 radical (unpaired) electrons. The summed E-state index contributed by atoms with van der Waals surface area (Å²) in [6, 6.07) is 18.6. The Morgan fingerprint density at radius 3 is 2.17 bits per heavy atom. The number of carbonyl (C=O) groups excluding carboxylic acids is 2. The van der Waals surface area contributed by atoms with E-state index >= 15 is 0 Å². The Morgan fingerprint density at radius 2 is 1.50 bits per heavy atom. The second-order valence-corrected chi connectivity index (χ2v) is 8.29. The minimum Gasteiger partial charge on any atom is -0.378 e. The highest BCUT2D eigenvalue weighted by atomic mass is 16.5. The van der Waals surface area contributed by atoms with Crippen molar-refractivity contribution in [3.8, 4) is 11.1 Å². The van der Waals surface area contributed by atoms with Gasteiger partial charge in [-0.2, -0.15) is 0 Å². The van der Waals surface area contributed by atoms with Crippen molar-refractivity contribution in [2.75, 3.05) is 26.3 Å². The van der Waals surface area contributed by atoms with E-state index in [1.807, 2.05) is 35.2 Å². The minimum atomic E-state index is 0.0606. The number of carbonyl (C=O) groups is 2. The molecule has 30 heavy (non-hydrogen) atoms. The molecule has 2 aliphatic rings. The summed E-state index contributed by atoms with van der Waals surface area (Å²) in [7, 11) is 0. The Kier molecular flexibility index (Phi) is 6.80. The highest BCUT2D eigenvalue weighted by Crippen LogP contribution is 2.26. The molecule has 0 bridgehead atoms. The smallest absolute Gasteiger partial charge is 0.225 e. The van der Waals surface area contributed by atoms with Gasteiger partial charge in [-0.05, 0) is 42.4 Å². The van der Waals surface area contributed by atoms with Crippen LogP contribution in [0.2, 0.25) is 0 Å². The van der Waals surface area contributed by atoms with Crippen LogP contribution in [0.3, 0.4) is 0 Å². The van der Waals surface area contributed by atoms with Gasteiger partial charge in [0.15, 0.2) is 0 Å². The van der Waals surface area contributed by atoms with Gasteiger partial charge in [-0.25, -0.2) is 0 Å². The fraction of sp³-hybridized carbons (Fsp3) is 0.440. The van der Waals surface area contributed by atoms with E-state index < -0.39 is 0 Å². The summed E-state index contributed by atoms with van der Waals surface area (Å²) in [6.07, 6.45) is 3.85. The molecule has 2 fully saturated rings. The maximum absolute atomic E-state index is 12.6. The molecule has 0 atom stereocenters. The summed E-state index contributed by atoms with van der Waals surface area (Å²) in [5.74, 6) is 0.425. The molecule has 5 heteroatoms. The van der Waals surface area contributed by atoms with Crippen LogP contribution in [-0.2, 0) is 20.7 Å². The van der Waals surface area contributed by atoms with Crippen LogP contribution in [-0.4, -0.2) is 49.1 Å². The molecule has 0 aromatic heterocycles. The van der Waals surface area contributed by atoms with Crippen molar-refractivity contribution in [3.05, 3.63) is 60.2 Å². The van der Waals surface area contributed by atoms with Gasteiger partial charge in [-0.1, -0.05) is 54.6 Å². The van der Waals surface area contributed by atoms with Crippen LogP contribution in [0, 0.1) is 5.92 Å². The topological polar surface area (TPSA) is 58.6 Å². The first-order valence-electron chi connectivity index (χ1n) is 11.0. The van der Waals surface area contributed by atoms with Crippen LogP contribution in [0.1, 0.15) is 31.2 Å². The number of ether oxygens (including phenoxy) is 1. The van der Waals surface area contributed by atoms with Crippen molar-refractivity contribution in [1.29, 1.82) is 0 Å². The summed E-state index contributed by atoms with van der Waals surface area (Å²) in [5, 5.41) is 3.17. The number of nitrogens with one attached hydrogen (secondary N) is 1. The van der Waals surface area contributed by atoms with E-state index in [4.69, 9.17) is 4.74 Å². The molecular formula is C25H30N2O3. The number of hydrogen-bond donors (Lipinski definition) is 1. The zero-order chi connectivity index (χ0) is 20.8. The largest absolute Gasteiger partial charge is 0.378 e. The van der Waals surface area contributed by atoms with Gasteiger partial charge in [0.1, 0.15) is 0 Å². The van der Waals surface area contributed by atoms with Crippen molar-refractivity contribution < 1.29 is 14.3 Å². The van der Waals surface area contributed by atoms with E-state index in [1.54, 1.807) is 0 Å². The lowest BCUT2D eigenvalue weighted by molar-refractivity contribution is -0.140. The second-order valence-electron chi connectivity index (χ2n) is 8.29. The van der Waals surface area contributed by atoms with Gasteiger partial charge in [0.25, 0.3) is 0 Å². The van der Waals surface area contributed by atoms with Gasteiger partial charge in [0.2, 0.25) is 11.8 Å². The Balaban J connectivity index is 1.23. The molecular weight excluding hydrogens is 376 g/mol. The van der Waals surface area contributed by atoms with Gasteiger partial charge in [0, 0.05) is 25.0 Å². The third-order valence-electron chi connectivity index (χ3n) is 6.19. The van der Waals surface area contributed by atoms with Crippen LogP contribution in [0.15, 0.2) is 54.6 Å². The van der Waals surface area contributed by atoms with Crippen LogP contribution < -0.4 is 5.32 Å². The van der Waals surface area contributed by atoms with Gasteiger partial charge >= 0.3 is 0 Å². The van der Waals surface area contributed by atoms with Gasteiger partial charge in [-0.3, -0.25) is 9.59 Å². The van der Waals surface area contributed by atoms with E-state index in [2.05, 4.69) is 29.6 Å². The van der Waals surface area contributed by atoms with E-state index in [9.17, 15) is 9.59 Å². The zero-order valence-electron chi connectivity index (χ0n) is 17.4. The summed E-state index contributed by atoms with van der Waals surface area (Å²) in [6.45, 7) is 2.70. The van der Waals surface area contributed by atoms with Gasteiger partial charge in [-0.15, -0.1) is 0 Å². The maximum atomic E-state index is 12.6. The molecule has 1 N–H and O–H groups in total. The summed E-state index contributed by atoms with van der Waals surface area (Å²) >= 11 is 0. The van der Waals surface area contributed by atoms with E-state index in [0.29, 0.717) is 32.7 Å². The Morgan fingerprint density at radius 1 is 0.867 bits per heavy atom. The van der Waals surface area contributed by atoms with Crippen molar-refractivity contribution in [3.63, 3.8) is 0 Å². The molecule has 1 saturated carbocycles. The number of morpholine rings is 1. The summed E-state index contributed by atoms with van der Waals surface area (Å²) < 4.78 is 5.33. The third-order valence-corrected chi connectivity index (χ3v) is 6.19.